The normalized spacial score (nSPS) is 12.4. The first kappa shape index (κ1) is 6.75. The molecule has 0 bridgehead atoms. The Morgan fingerprint density at radius 1 is 1.80 bits per heavy atom. The predicted molar refractivity (Wildman–Crippen MR) is 34.8 cm³/mol. The molecule has 1 aromatic heterocycles. The van der Waals surface area contributed by atoms with Gasteiger partial charge in [-0.15, -0.1) is 5.10 Å². The van der Waals surface area contributed by atoms with Crippen LogP contribution in [-0.4, -0.2) is 15.0 Å². The van der Waals surface area contributed by atoms with E-state index in [0.717, 1.165) is 0 Å². The third-order valence-electron chi connectivity index (χ3n) is 1.15. The van der Waals surface area contributed by atoms with E-state index in [-0.39, 0.29) is 5.92 Å². The summed E-state index contributed by atoms with van der Waals surface area (Å²) in [7, 11) is 0. The number of hydrogen-bond acceptors (Lipinski definition) is 3. The summed E-state index contributed by atoms with van der Waals surface area (Å²) >= 11 is 0. The second-order valence-corrected chi connectivity index (χ2v) is 2.16. The molecule has 0 amide bonds. The smallest absolute Gasteiger partial charge is 0.0692 e. The van der Waals surface area contributed by atoms with E-state index < -0.39 is 0 Å². The summed E-state index contributed by atoms with van der Waals surface area (Å²) in [6.45, 7) is 2.47. The van der Waals surface area contributed by atoms with Crippen LogP contribution in [0.15, 0.2) is 12.4 Å². The molecule has 0 radical (unpaired) electrons. The summed E-state index contributed by atoms with van der Waals surface area (Å²) in [4.78, 5) is 0. The number of hydrogen-bond donors (Lipinski definition) is 0. The molecule has 1 rings (SSSR count). The Hall–Kier alpha value is -1.37. The SMILES string of the molecule is C[C@H](C#N)Cn1ccnn1. The second-order valence-electron chi connectivity index (χ2n) is 2.16. The molecule has 4 heteroatoms. The Bertz CT molecular complexity index is 220. The van der Waals surface area contributed by atoms with Crippen molar-refractivity contribution in [2.24, 2.45) is 5.92 Å². The minimum absolute atomic E-state index is 0.00157. The van der Waals surface area contributed by atoms with E-state index in [1.807, 2.05) is 6.92 Å². The van der Waals surface area contributed by atoms with Crippen molar-refractivity contribution >= 4 is 0 Å². The molecule has 0 aliphatic carbocycles. The lowest BCUT2D eigenvalue weighted by molar-refractivity contribution is 0.513. The minimum atomic E-state index is 0.00157. The molecule has 0 aliphatic rings. The third-order valence-corrected chi connectivity index (χ3v) is 1.15. The van der Waals surface area contributed by atoms with Crippen molar-refractivity contribution in [3.8, 4) is 6.07 Å². The van der Waals surface area contributed by atoms with Gasteiger partial charge in [0.25, 0.3) is 0 Å². The van der Waals surface area contributed by atoms with Crippen LogP contribution in [0.2, 0.25) is 0 Å². The Balaban J connectivity index is 2.50. The Kier molecular flexibility index (Phi) is 2.00. The predicted octanol–water partition coefficient (Wildman–Crippen LogP) is 0.438. The largest absolute Gasteiger partial charge is 0.251 e. The summed E-state index contributed by atoms with van der Waals surface area (Å²) in [6.07, 6.45) is 3.35. The van der Waals surface area contributed by atoms with Crippen molar-refractivity contribution < 1.29 is 0 Å². The highest BCUT2D eigenvalue weighted by molar-refractivity contribution is 4.79. The summed E-state index contributed by atoms with van der Waals surface area (Å²) in [5.74, 6) is 0.00157. The Morgan fingerprint density at radius 3 is 3.10 bits per heavy atom. The van der Waals surface area contributed by atoms with Crippen molar-refractivity contribution in [3.05, 3.63) is 12.4 Å². The average molecular weight is 136 g/mol. The first-order valence-electron chi connectivity index (χ1n) is 3.06. The second kappa shape index (κ2) is 2.97. The van der Waals surface area contributed by atoms with Crippen LogP contribution in [0.3, 0.4) is 0 Å². The lowest BCUT2D eigenvalue weighted by atomic mass is 10.2. The van der Waals surface area contributed by atoms with Crippen molar-refractivity contribution in [2.45, 2.75) is 13.5 Å². The number of rotatable bonds is 2. The van der Waals surface area contributed by atoms with Gasteiger partial charge in [0, 0.05) is 6.20 Å². The molecule has 1 aromatic rings. The van der Waals surface area contributed by atoms with Gasteiger partial charge in [-0.2, -0.15) is 5.26 Å². The maximum Gasteiger partial charge on any atom is 0.0692 e. The summed E-state index contributed by atoms with van der Waals surface area (Å²) in [6, 6.07) is 2.11. The monoisotopic (exact) mass is 136 g/mol. The van der Waals surface area contributed by atoms with E-state index in [1.54, 1.807) is 17.1 Å². The summed E-state index contributed by atoms with van der Waals surface area (Å²) in [5.41, 5.74) is 0. The highest BCUT2D eigenvalue weighted by Gasteiger charge is 1.99. The molecule has 4 nitrogen and oxygen atoms in total. The standard InChI is InChI=1S/C6H8N4/c1-6(4-7)5-10-3-2-8-9-10/h2-3,6H,5H2,1H3/t6-/m1/s1. The van der Waals surface area contributed by atoms with Crippen molar-refractivity contribution in [2.75, 3.05) is 0 Å². The van der Waals surface area contributed by atoms with Crippen LogP contribution in [-0.2, 0) is 6.54 Å². The van der Waals surface area contributed by atoms with Gasteiger partial charge in [-0.1, -0.05) is 5.21 Å². The van der Waals surface area contributed by atoms with E-state index in [0.29, 0.717) is 6.54 Å². The summed E-state index contributed by atoms with van der Waals surface area (Å²) in [5, 5.41) is 15.8. The fraction of sp³-hybridized carbons (Fsp3) is 0.500. The van der Waals surface area contributed by atoms with E-state index in [4.69, 9.17) is 5.26 Å². The molecule has 10 heavy (non-hydrogen) atoms. The zero-order valence-electron chi connectivity index (χ0n) is 5.73. The van der Waals surface area contributed by atoms with Crippen molar-refractivity contribution in [3.63, 3.8) is 0 Å². The number of nitriles is 1. The van der Waals surface area contributed by atoms with Crippen LogP contribution in [0.4, 0.5) is 0 Å². The zero-order valence-corrected chi connectivity index (χ0v) is 5.73. The van der Waals surface area contributed by atoms with Crippen LogP contribution in [0.25, 0.3) is 0 Å². The lowest BCUT2D eigenvalue weighted by Gasteiger charge is -1.98. The molecule has 0 saturated carbocycles. The molecule has 0 spiro atoms. The first-order chi connectivity index (χ1) is 4.83. The summed E-state index contributed by atoms with van der Waals surface area (Å²) < 4.78 is 1.65. The maximum absolute atomic E-state index is 8.42. The highest BCUT2D eigenvalue weighted by Crippen LogP contribution is 1.94. The van der Waals surface area contributed by atoms with Crippen LogP contribution < -0.4 is 0 Å². The Labute approximate surface area is 59.1 Å². The van der Waals surface area contributed by atoms with E-state index in [1.165, 1.54) is 0 Å². The van der Waals surface area contributed by atoms with Gasteiger partial charge in [-0.05, 0) is 6.92 Å². The van der Waals surface area contributed by atoms with Crippen LogP contribution >= 0.6 is 0 Å². The van der Waals surface area contributed by atoms with E-state index in [2.05, 4.69) is 16.4 Å². The molecular weight excluding hydrogens is 128 g/mol. The van der Waals surface area contributed by atoms with Crippen molar-refractivity contribution in [1.82, 2.24) is 15.0 Å². The molecule has 1 heterocycles. The Morgan fingerprint density at radius 2 is 2.60 bits per heavy atom. The number of aromatic nitrogens is 3. The van der Waals surface area contributed by atoms with Crippen LogP contribution in [0, 0.1) is 17.2 Å². The molecule has 1 atom stereocenters. The van der Waals surface area contributed by atoms with Crippen molar-refractivity contribution in [1.29, 1.82) is 5.26 Å². The van der Waals surface area contributed by atoms with Crippen LogP contribution in [0.1, 0.15) is 6.92 Å². The van der Waals surface area contributed by atoms with Crippen LogP contribution in [0.5, 0.6) is 0 Å². The van der Waals surface area contributed by atoms with Gasteiger partial charge < -0.3 is 0 Å². The molecular formula is C6H8N4. The fourth-order valence-electron chi connectivity index (χ4n) is 0.652. The highest BCUT2D eigenvalue weighted by atomic mass is 15.4. The number of nitrogens with zero attached hydrogens (tertiary/aromatic N) is 4. The average Bonchev–Trinajstić information content (AvgIpc) is 2.40. The fourth-order valence-corrected chi connectivity index (χ4v) is 0.652. The maximum atomic E-state index is 8.42. The van der Waals surface area contributed by atoms with Gasteiger partial charge in [-0.25, -0.2) is 0 Å². The zero-order chi connectivity index (χ0) is 7.40. The molecule has 0 fully saturated rings. The van der Waals surface area contributed by atoms with Gasteiger partial charge in [0.1, 0.15) is 0 Å². The molecule has 0 saturated heterocycles. The lowest BCUT2D eigenvalue weighted by Crippen LogP contribution is -2.05. The quantitative estimate of drug-likeness (QED) is 0.592. The van der Waals surface area contributed by atoms with Gasteiger partial charge in [0.15, 0.2) is 0 Å². The molecule has 0 aliphatic heterocycles. The minimum Gasteiger partial charge on any atom is -0.251 e. The third kappa shape index (κ3) is 1.55. The molecule has 0 unspecified atom stereocenters. The molecule has 52 valence electrons. The van der Waals surface area contributed by atoms with Gasteiger partial charge >= 0.3 is 0 Å². The topological polar surface area (TPSA) is 54.5 Å². The van der Waals surface area contributed by atoms with Gasteiger partial charge in [-0.3, -0.25) is 4.68 Å². The van der Waals surface area contributed by atoms with E-state index >= 15 is 0 Å². The first-order valence-corrected chi connectivity index (χ1v) is 3.06. The molecule has 0 N–H and O–H groups in total. The van der Waals surface area contributed by atoms with E-state index in [9.17, 15) is 0 Å². The molecule has 0 aromatic carbocycles. The van der Waals surface area contributed by atoms with Gasteiger partial charge in [0.05, 0.1) is 24.7 Å². The van der Waals surface area contributed by atoms with Gasteiger partial charge in [0.2, 0.25) is 0 Å².